The molecule has 6 heteroatoms. The summed E-state index contributed by atoms with van der Waals surface area (Å²) in [5.41, 5.74) is 1.48. The highest BCUT2D eigenvalue weighted by Crippen LogP contribution is 2.30. The van der Waals surface area contributed by atoms with E-state index in [1.54, 1.807) is 12.4 Å². The van der Waals surface area contributed by atoms with E-state index in [0.29, 0.717) is 11.6 Å². The number of carbonyl (C=O) groups excluding carboxylic acids is 2. The van der Waals surface area contributed by atoms with Gasteiger partial charge in [0, 0.05) is 57.7 Å². The lowest BCUT2D eigenvalue weighted by atomic mass is 9.95. The van der Waals surface area contributed by atoms with Gasteiger partial charge in [-0.25, -0.2) is 0 Å². The molecule has 2 saturated heterocycles. The second kappa shape index (κ2) is 9.70. The first-order chi connectivity index (χ1) is 17.7. The first kappa shape index (κ1) is 22.7. The van der Waals surface area contributed by atoms with Crippen LogP contribution in [0.5, 0.6) is 0 Å². The van der Waals surface area contributed by atoms with Crippen molar-refractivity contribution < 1.29 is 9.59 Å². The van der Waals surface area contributed by atoms with Gasteiger partial charge in [-0.3, -0.25) is 19.5 Å². The molecular weight excluding hydrogens is 448 g/mol. The van der Waals surface area contributed by atoms with Gasteiger partial charge in [0.2, 0.25) is 0 Å². The number of fused-ring (bicyclic) bond motifs is 2. The number of carbonyl (C=O) groups is 2. The maximum atomic E-state index is 13.8. The van der Waals surface area contributed by atoms with Crippen LogP contribution < -0.4 is 0 Å². The monoisotopic (exact) mass is 478 g/mol. The minimum atomic E-state index is 0.0688. The van der Waals surface area contributed by atoms with Crippen molar-refractivity contribution in [3.05, 3.63) is 90.3 Å². The van der Waals surface area contributed by atoms with Gasteiger partial charge in [-0.1, -0.05) is 48.5 Å². The largest absolute Gasteiger partial charge is 0.338 e. The Hall–Kier alpha value is -3.77. The van der Waals surface area contributed by atoms with Crippen LogP contribution in [0.1, 0.15) is 33.6 Å². The Morgan fingerprint density at radius 3 is 1.92 bits per heavy atom. The van der Waals surface area contributed by atoms with Crippen LogP contribution in [0.2, 0.25) is 0 Å². The molecule has 4 aromatic rings. The van der Waals surface area contributed by atoms with Crippen molar-refractivity contribution in [1.82, 2.24) is 19.7 Å². The number of aromatic nitrogens is 1. The predicted molar refractivity (Wildman–Crippen MR) is 142 cm³/mol. The molecule has 6 rings (SSSR count). The topological polar surface area (TPSA) is 56.8 Å². The smallest absolute Gasteiger partial charge is 0.255 e. The normalized spacial score (nSPS) is 17.6. The number of piperazine rings is 1. The number of nitrogens with zero attached hydrogens (tertiary/aromatic N) is 4. The number of piperidine rings is 1. The maximum absolute atomic E-state index is 13.8. The second-order valence-corrected chi connectivity index (χ2v) is 9.79. The van der Waals surface area contributed by atoms with Gasteiger partial charge in [0.25, 0.3) is 11.8 Å². The lowest BCUT2D eigenvalue weighted by molar-refractivity contribution is 0.0414. The van der Waals surface area contributed by atoms with Gasteiger partial charge in [-0.05, 0) is 52.6 Å². The van der Waals surface area contributed by atoms with Gasteiger partial charge in [-0.2, -0.15) is 0 Å². The zero-order valence-electron chi connectivity index (χ0n) is 20.3. The van der Waals surface area contributed by atoms with E-state index >= 15 is 0 Å². The Balaban J connectivity index is 1.12. The molecular formula is C30H30N4O2. The first-order valence-electron chi connectivity index (χ1n) is 12.8. The average molecular weight is 479 g/mol. The summed E-state index contributed by atoms with van der Waals surface area (Å²) in [5.74, 6) is 0.193. The molecule has 0 spiro atoms. The molecule has 2 fully saturated rings. The molecule has 0 atom stereocenters. The molecule has 1 aromatic heterocycles. The number of likely N-dealkylation sites (tertiary alicyclic amines) is 1. The number of amides is 2. The molecule has 0 aliphatic carbocycles. The van der Waals surface area contributed by atoms with Crippen molar-refractivity contribution >= 4 is 33.4 Å². The van der Waals surface area contributed by atoms with Gasteiger partial charge in [0.15, 0.2) is 0 Å². The van der Waals surface area contributed by atoms with E-state index in [0.717, 1.165) is 79.2 Å². The van der Waals surface area contributed by atoms with Crippen LogP contribution in [0, 0.1) is 0 Å². The van der Waals surface area contributed by atoms with Crippen molar-refractivity contribution in [2.75, 3.05) is 39.3 Å². The van der Waals surface area contributed by atoms with Crippen molar-refractivity contribution in [3.63, 3.8) is 0 Å². The maximum Gasteiger partial charge on any atom is 0.255 e. The molecule has 0 unspecified atom stereocenters. The van der Waals surface area contributed by atoms with E-state index in [2.05, 4.69) is 40.2 Å². The lowest BCUT2D eigenvalue weighted by Gasteiger charge is -2.42. The summed E-state index contributed by atoms with van der Waals surface area (Å²) in [5, 5.41) is 4.25. The highest BCUT2D eigenvalue weighted by Gasteiger charge is 2.31. The summed E-state index contributed by atoms with van der Waals surface area (Å²) in [6.07, 6.45) is 5.27. The Bertz CT molecular complexity index is 1350. The molecule has 2 amide bonds. The molecule has 36 heavy (non-hydrogen) atoms. The molecule has 0 bridgehead atoms. The summed E-state index contributed by atoms with van der Waals surface area (Å²) < 4.78 is 0. The molecule has 0 radical (unpaired) electrons. The zero-order chi connectivity index (χ0) is 24.5. The summed E-state index contributed by atoms with van der Waals surface area (Å²) in [6, 6.07) is 22.6. The van der Waals surface area contributed by atoms with Crippen LogP contribution in [0.15, 0.2) is 79.1 Å². The Morgan fingerprint density at radius 1 is 0.694 bits per heavy atom. The van der Waals surface area contributed by atoms with Crippen LogP contribution in [-0.2, 0) is 0 Å². The van der Waals surface area contributed by atoms with Crippen LogP contribution >= 0.6 is 0 Å². The predicted octanol–water partition coefficient (Wildman–Crippen LogP) is 4.45. The third-order valence-corrected chi connectivity index (χ3v) is 7.76. The SMILES string of the molecule is O=C(c1cccnc1)N1CCC(N2CCN(C(=O)c3c4ccccc4cc4ccccc34)CC2)CC1. The second-order valence-electron chi connectivity index (χ2n) is 9.79. The summed E-state index contributed by atoms with van der Waals surface area (Å²) in [6.45, 7) is 4.72. The van der Waals surface area contributed by atoms with Crippen LogP contribution in [0.25, 0.3) is 21.5 Å². The standard InChI is InChI=1S/C30H30N4O2/c35-29(24-8-5-13-31-21-24)33-14-11-25(12-15-33)32-16-18-34(19-17-32)30(36)28-26-9-3-1-6-22(26)20-23-7-2-4-10-27(23)28/h1-10,13,20-21,25H,11-12,14-19H2. The van der Waals surface area contributed by atoms with E-state index < -0.39 is 0 Å². The Morgan fingerprint density at radius 2 is 1.31 bits per heavy atom. The Kier molecular flexibility index (Phi) is 6.11. The van der Waals surface area contributed by atoms with Crippen LogP contribution in [0.3, 0.4) is 0 Å². The number of benzene rings is 3. The van der Waals surface area contributed by atoms with Crippen molar-refractivity contribution in [1.29, 1.82) is 0 Å². The van der Waals surface area contributed by atoms with Gasteiger partial charge < -0.3 is 9.80 Å². The highest BCUT2D eigenvalue weighted by molar-refractivity contribution is 6.18. The summed E-state index contributed by atoms with van der Waals surface area (Å²) in [7, 11) is 0. The average Bonchev–Trinajstić information content (AvgIpc) is 2.96. The third-order valence-electron chi connectivity index (χ3n) is 7.76. The lowest BCUT2D eigenvalue weighted by Crippen LogP contribution is -2.54. The fraction of sp³-hybridized carbons (Fsp3) is 0.300. The first-order valence-corrected chi connectivity index (χ1v) is 12.8. The molecule has 3 aromatic carbocycles. The molecule has 0 saturated carbocycles. The van der Waals surface area contributed by atoms with Crippen molar-refractivity contribution in [2.24, 2.45) is 0 Å². The molecule has 2 aliphatic rings. The fourth-order valence-corrected chi connectivity index (χ4v) is 5.80. The van der Waals surface area contributed by atoms with Crippen molar-refractivity contribution in [2.45, 2.75) is 18.9 Å². The highest BCUT2D eigenvalue weighted by atomic mass is 16.2. The minimum Gasteiger partial charge on any atom is -0.338 e. The number of hydrogen-bond acceptors (Lipinski definition) is 4. The van der Waals surface area contributed by atoms with Gasteiger partial charge in [-0.15, -0.1) is 0 Å². The summed E-state index contributed by atoms with van der Waals surface area (Å²) >= 11 is 0. The quantitative estimate of drug-likeness (QED) is 0.408. The van der Waals surface area contributed by atoms with E-state index in [1.165, 1.54) is 0 Å². The van der Waals surface area contributed by atoms with Crippen molar-refractivity contribution in [3.8, 4) is 0 Å². The van der Waals surface area contributed by atoms with E-state index in [4.69, 9.17) is 0 Å². The third kappa shape index (κ3) is 4.22. The molecule has 3 heterocycles. The minimum absolute atomic E-state index is 0.0688. The van der Waals surface area contributed by atoms with Crippen LogP contribution in [-0.4, -0.2) is 76.8 Å². The summed E-state index contributed by atoms with van der Waals surface area (Å²) in [4.78, 5) is 37.1. The molecule has 0 N–H and O–H groups in total. The van der Waals surface area contributed by atoms with Gasteiger partial charge >= 0.3 is 0 Å². The Labute approximate surface area is 211 Å². The molecule has 6 nitrogen and oxygen atoms in total. The van der Waals surface area contributed by atoms with Gasteiger partial charge in [0.1, 0.15) is 0 Å². The van der Waals surface area contributed by atoms with Gasteiger partial charge in [0.05, 0.1) is 11.1 Å². The van der Waals surface area contributed by atoms with E-state index in [1.807, 2.05) is 46.2 Å². The number of pyridine rings is 1. The number of rotatable bonds is 3. The molecule has 2 aliphatic heterocycles. The fourth-order valence-electron chi connectivity index (χ4n) is 5.80. The van der Waals surface area contributed by atoms with E-state index in [-0.39, 0.29) is 11.8 Å². The zero-order valence-corrected chi connectivity index (χ0v) is 20.3. The molecule has 182 valence electrons. The number of hydrogen-bond donors (Lipinski definition) is 0. The van der Waals surface area contributed by atoms with Crippen LogP contribution in [0.4, 0.5) is 0 Å². The van der Waals surface area contributed by atoms with E-state index in [9.17, 15) is 9.59 Å².